The third-order valence-corrected chi connectivity index (χ3v) is 1.91. The summed E-state index contributed by atoms with van der Waals surface area (Å²) in [7, 11) is 0. The van der Waals surface area contributed by atoms with Crippen LogP contribution in [0.4, 0.5) is 5.82 Å². The van der Waals surface area contributed by atoms with Crippen LogP contribution < -0.4 is 5.32 Å². The summed E-state index contributed by atoms with van der Waals surface area (Å²) in [6.45, 7) is 2.19. The molecule has 5 heteroatoms. The standard InChI is InChI=1S/C10H12N4O/c1-7(15)6-13-9-3-2-8-10(14-9)12-5-4-11-8/h2-5,7,15H,6H2,1H3,(H,12,13,14). The van der Waals surface area contributed by atoms with Crippen LogP contribution in [-0.2, 0) is 0 Å². The number of aromatic nitrogens is 3. The van der Waals surface area contributed by atoms with E-state index in [-0.39, 0.29) is 0 Å². The molecule has 0 aliphatic rings. The highest BCUT2D eigenvalue weighted by atomic mass is 16.3. The Hall–Kier alpha value is -1.75. The summed E-state index contributed by atoms with van der Waals surface area (Å²) in [6, 6.07) is 3.67. The highest BCUT2D eigenvalue weighted by molar-refractivity contribution is 5.71. The molecule has 0 fully saturated rings. The molecule has 0 saturated carbocycles. The van der Waals surface area contributed by atoms with Crippen molar-refractivity contribution in [2.75, 3.05) is 11.9 Å². The van der Waals surface area contributed by atoms with Crippen LogP contribution in [0.2, 0.25) is 0 Å². The Labute approximate surface area is 87.2 Å². The van der Waals surface area contributed by atoms with Crippen molar-refractivity contribution in [2.45, 2.75) is 13.0 Å². The van der Waals surface area contributed by atoms with Gasteiger partial charge in [0.15, 0.2) is 5.65 Å². The topological polar surface area (TPSA) is 70.9 Å². The van der Waals surface area contributed by atoms with Crippen molar-refractivity contribution >= 4 is 17.0 Å². The van der Waals surface area contributed by atoms with Gasteiger partial charge in [-0.1, -0.05) is 0 Å². The van der Waals surface area contributed by atoms with Gasteiger partial charge in [0.1, 0.15) is 11.3 Å². The van der Waals surface area contributed by atoms with Crippen LogP contribution in [0.15, 0.2) is 24.5 Å². The third-order valence-electron chi connectivity index (χ3n) is 1.91. The highest BCUT2D eigenvalue weighted by Crippen LogP contribution is 2.09. The van der Waals surface area contributed by atoms with Crippen LogP contribution in [0.3, 0.4) is 0 Å². The minimum atomic E-state index is -0.399. The lowest BCUT2D eigenvalue weighted by Gasteiger charge is -2.07. The molecule has 0 bridgehead atoms. The van der Waals surface area contributed by atoms with Gasteiger partial charge in [-0.2, -0.15) is 0 Å². The molecule has 2 aromatic heterocycles. The third kappa shape index (κ3) is 2.38. The van der Waals surface area contributed by atoms with Gasteiger partial charge in [0, 0.05) is 18.9 Å². The van der Waals surface area contributed by atoms with E-state index in [0.29, 0.717) is 18.0 Å². The fourth-order valence-corrected chi connectivity index (χ4v) is 1.21. The summed E-state index contributed by atoms with van der Waals surface area (Å²) in [5.41, 5.74) is 1.37. The predicted octanol–water partition coefficient (Wildman–Crippen LogP) is 0.817. The van der Waals surface area contributed by atoms with Crippen molar-refractivity contribution in [2.24, 2.45) is 0 Å². The Morgan fingerprint density at radius 2 is 2.13 bits per heavy atom. The van der Waals surface area contributed by atoms with Crippen molar-refractivity contribution in [3.05, 3.63) is 24.5 Å². The number of nitrogens with zero attached hydrogens (tertiary/aromatic N) is 3. The zero-order valence-corrected chi connectivity index (χ0v) is 8.38. The lowest BCUT2D eigenvalue weighted by atomic mass is 10.3. The van der Waals surface area contributed by atoms with Crippen LogP contribution in [0.1, 0.15) is 6.92 Å². The van der Waals surface area contributed by atoms with E-state index in [1.165, 1.54) is 0 Å². The van der Waals surface area contributed by atoms with Gasteiger partial charge in [-0.3, -0.25) is 4.98 Å². The van der Waals surface area contributed by atoms with E-state index in [2.05, 4.69) is 20.3 Å². The Morgan fingerprint density at radius 1 is 1.33 bits per heavy atom. The van der Waals surface area contributed by atoms with Crippen LogP contribution in [0.25, 0.3) is 11.2 Å². The van der Waals surface area contributed by atoms with Crippen LogP contribution >= 0.6 is 0 Å². The summed E-state index contributed by atoms with van der Waals surface area (Å²) in [5, 5.41) is 12.1. The number of anilines is 1. The van der Waals surface area contributed by atoms with Gasteiger partial charge < -0.3 is 10.4 Å². The summed E-state index contributed by atoms with van der Waals surface area (Å²) in [4.78, 5) is 12.5. The first-order valence-corrected chi connectivity index (χ1v) is 4.75. The van der Waals surface area contributed by atoms with E-state index in [1.54, 1.807) is 19.3 Å². The van der Waals surface area contributed by atoms with Gasteiger partial charge in [0.05, 0.1) is 6.10 Å². The molecule has 1 unspecified atom stereocenters. The predicted molar refractivity (Wildman–Crippen MR) is 57.5 cm³/mol. The summed E-state index contributed by atoms with van der Waals surface area (Å²) < 4.78 is 0. The monoisotopic (exact) mass is 204 g/mol. The highest BCUT2D eigenvalue weighted by Gasteiger charge is 2.00. The fourth-order valence-electron chi connectivity index (χ4n) is 1.21. The van der Waals surface area contributed by atoms with E-state index < -0.39 is 6.10 Å². The zero-order valence-electron chi connectivity index (χ0n) is 8.38. The molecule has 0 saturated heterocycles. The minimum Gasteiger partial charge on any atom is -0.392 e. The molecule has 2 rings (SSSR count). The number of aliphatic hydroxyl groups excluding tert-OH is 1. The van der Waals surface area contributed by atoms with Gasteiger partial charge in [0.2, 0.25) is 0 Å². The molecule has 1 atom stereocenters. The summed E-state index contributed by atoms with van der Waals surface area (Å²) >= 11 is 0. The number of aliphatic hydroxyl groups is 1. The van der Waals surface area contributed by atoms with E-state index in [4.69, 9.17) is 5.11 Å². The number of hydrogen-bond donors (Lipinski definition) is 2. The van der Waals surface area contributed by atoms with Crippen molar-refractivity contribution < 1.29 is 5.11 Å². The van der Waals surface area contributed by atoms with Gasteiger partial charge in [-0.25, -0.2) is 9.97 Å². The average molecular weight is 204 g/mol. The Bertz CT molecular complexity index is 458. The fraction of sp³-hybridized carbons (Fsp3) is 0.300. The van der Waals surface area contributed by atoms with Crippen LogP contribution in [0.5, 0.6) is 0 Å². The summed E-state index contributed by atoms with van der Waals surface area (Å²) in [5.74, 6) is 0.698. The molecule has 5 nitrogen and oxygen atoms in total. The van der Waals surface area contributed by atoms with Crippen molar-refractivity contribution in [3.8, 4) is 0 Å². The average Bonchev–Trinajstić information content (AvgIpc) is 2.26. The lowest BCUT2D eigenvalue weighted by Crippen LogP contribution is -2.16. The van der Waals surface area contributed by atoms with E-state index in [1.807, 2.05) is 12.1 Å². The molecule has 0 aliphatic heterocycles. The quantitative estimate of drug-likeness (QED) is 0.774. The Balaban J connectivity index is 2.23. The number of pyridine rings is 1. The molecule has 2 aromatic rings. The SMILES string of the molecule is CC(O)CNc1ccc2nccnc2n1. The second-order valence-corrected chi connectivity index (χ2v) is 3.33. The summed E-state index contributed by atoms with van der Waals surface area (Å²) in [6.07, 6.45) is 2.84. The maximum Gasteiger partial charge on any atom is 0.180 e. The Morgan fingerprint density at radius 3 is 2.93 bits per heavy atom. The van der Waals surface area contributed by atoms with Crippen LogP contribution in [0, 0.1) is 0 Å². The molecular formula is C10H12N4O. The molecule has 0 aromatic carbocycles. The van der Waals surface area contributed by atoms with Crippen molar-refractivity contribution in [3.63, 3.8) is 0 Å². The molecule has 0 amide bonds. The molecule has 2 heterocycles. The zero-order chi connectivity index (χ0) is 10.7. The molecule has 0 spiro atoms. The first-order valence-electron chi connectivity index (χ1n) is 4.75. The normalized spacial score (nSPS) is 12.7. The van der Waals surface area contributed by atoms with Gasteiger partial charge in [0.25, 0.3) is 0 Å². The lowest BCUT2D eigenvalue weighted by molar-refractivity contribution is 0.208. The first kappa shape index (κ1) is 9.79. The molecule has 0 aliphatic carbocycles. The largest absolute Gasteiger partial charge is 0.392 e. The second-order valence-electron chi connectivity index (χ2n) is 3.33. The van der Waals surface area contributed by atoms with Gasteiger partial charge >= 0.3 is 0 Å². The van der Waals surface area contributed by atoms with Gasteiger partial charge in [-0.15, -0.1) is 0 Å². The van der Waals surface area contributed by atoms with Crippen molar-refractivity contribution in [1.29, 1.82) is 0 Å². The second kappa shape index (κ2) is 4.18. The van der Waals surface area contributed by atoms with E-state index >= 15 is 0 Å². The van der Waals surface area contributed by atoms with E-state index in [0.717, 1.165) is 5.52 Å². The Kier molecular flexibility index (Phi) is 2.73. The van der Waals surface area contributed by atoms with Crippen LogP contribution in [-0.4, -0.2) is 32.7 Å². The first-order chi connectivity index (χ1) is 7.25. The number of rotatable bonds is 3. The van der Waals surface area contributed by atoms with Crippen molar-refractivity contribution in [1.82, 2.24) is 15.0 Å². The number of fused-ring (bicyclic) bond motifs is 1. The maximum absolute atomic E-state index is 9.11. The molecular weight excluding hydrogens is 192 g/mol. The maximum atomic E-state index is 9.11. The molecule has 15 heavy (non-hydrogen) atoms. The molecule has 2 N–H and O–H groups in total. The number of hydrogen-bond acceptors (Lipinski definition) is 5. The smallest absolute Gasteiger partial charge is 0.180 e. The van der Waals surface area contributed by atoms with E-state index in [9.17, 15) is 0 Å². The molecule has 0 radical (unpaired) electrons. The molecule has 78 valence electrons. The van der Waals surface area contributed by atoms with Gasteiger partial charge in [-0.05, 0) is 19.1 Å². The minimum absolute atomic E-state index is 0.399. The number of nitrogens with one attached hydrogen (secondary N) is 1.